The van der Waals surface area contributed by atoms with Gasteiger partial charge in [-0.25, -0.2) is 0 Å². The summed E-state index contributed by atoms with van der Waals surface area (Å²) in [6, 6.07) is 56.7. The molecule has 9 rings (SSSR count). The number of fused-ring (bicyclic) bond motifs is 6. The van der Waals surface area contributed by atoms with Gasteiger partial charge in [-0.2, -0.15) is 0 Å². The minimum Gasteiger partial charge on any atom is -0.455 e. The first-order chi connectivity index (χ1) is 25.1. The molecule has 2 nitrogen and oxygen atoms in total. The highest BCUT2D eigenvalue weighted by atomic mass is 16.3. The second kappa shape index (κ2) is 12.5. The van der Waals surface area contributed by atoms with Crippen molar-refractivity contribution in [3.63, 3.8) is 0 Å². The SMILES string of the molecule is C/C=C(\C=C(/C)c1cccc2c1oc1ccc(-c3cccc(-c4ccc(-c5cccc(C)c5)cc4)c3)cc12)n1c2ccccc2c2ccccc21. The second-order valence-electron chi connectivity index (χ2n) is 13.4. The van der Waals surface area contributed by atoms with Gasteiger partial charge in [0, 0.05) is 32.8 Å². The molecule has 0 bridgehead atoms. The number of aromatic nitrogens is 1. The van der Waals surface area contributed by atoms with Crippen LogP contribution in [0.1, 0.15) is 25.0 Å². The molecule has 7 aromatic carbocycles. The topological polar surface area (TPSA) is 18.1 Å². The monoisotopic (exact) mass is 655 g/mol. The van der Waals surface area contributed by atoms with E-state index in [9.17, 15) is 0 Å². The fourth-order valence-electron chi connectivity index (χ4n) is 7.62. The van der Waals surface area contributed by atoms with Crippen LogP contribution < -0.4 is 0 Å². The summed E-state index contributed by atoms with van der Waals surface area (Å²) in [5, 5.41) is 4.77. The van der Waals surface area contributed by atoms with Gasteiger partial charge < -0.3 is 8.98 Å². The highest BCUT2D eigenvalue weighted by Crippen LogP contribution is 2.38. The summed E-state index contributed by atoms with van der Waals surface area (Å²) in [5.41, 5.74) is 16.1. The first-order valence-electron chi connectivity index (χ1n) is 17.6. The minimum atomic E-state index is 0.894. The van der Waals surface area contributed by atoms with E-state index in [0.717, 1.165) is 38.8 Å². The zero-order chi connectivity index (χ0) is 34.5. The highest BCUT2D eigenvalue weighted by molar-refractivity contribution is 6.12. The Kier molecular flexibility index (Phi) is 7.51. The molecule has 0 aliphatic heterocycles. The van der Waals surface area contributed by atoms with Crippen molar-refractivity contribution in [2.75, 3.05) is 0 Å². The first-order valence-corrected chi connectivity index (χ1v) is 17.6. The van der Waals surface area contributed by atoms with Crippen LogP contribution in [0, 0.1) is 6.92 Å². The van der Waals surface area contributed by atoms with E-state index < -0.39 is 0 Å². The molecule has 0 fully saturated rings. The summed E-state index contributed by atoms with van der Waals surface area (Å²) in [6.07, 6.45) is 4.48. The van der Waals surface area contributed by atoms with E-state index in [-0.39, 0.29) is 0 Å². The maximum absolute atomic E-state index is 6.62. The van der Waals surface area contributed by atoms with Crippen molar-refractivity contribution >= 4 is 55.0 Å². The maximum Gasteiger partial charge on any atom is 0.142 e. The Morgan fingerprint density at radius 1 is 0.510 bits per heavy atom. The number of benzene rings is 7. The fourth-order valence-corrected chi connectivity index (χ4v) is 7.62. The average Bonchev–Trinajstić information content (AvgIpc) is 3.72. The van der Waals surface area contributed by atoms with E-state index in [1.54, 1.807) is 0 Å². The Morgan fingerprint density at radius 3 is 1.73 bits per heavy atom. The van der Waals surface area contributed by atoms with Crippen LogP contribution in [0.2, 0.25) is 0 Å². The number of aryl methyl sites for hydroxylation is 1. The summed E-state index contributed by atoms with van der Waals surface area (Å²) in [5.74, 6) is 0. The van der Waals surface area contributed by atoms with E-state index in [1.807, 2.05) is 0 Å². The molecule has 0 aliphatic rings. The van der Waals surface area contributed by atoms with Gasteiger partial charge in [0.15, 0.2) is 0 Å². The number of nitrogens with zero attached hydrogens (tertiary/aromatic N) is 1. The third-order valence-electron chi connectivity index (χ3n) is 10.2. The van der Waals surface area contributed by atoms with Crippen molar-refractivity contribution in [3.05, 3.63) is 181 Å². The van der Waals surface area contributed by atoms with Gasteiger partial charge in [-0.15, -0.1) is 0 Å². The molecule has 0 N–H and O–H groups in total. The van der Waals surface area contributed by atoms with Crippen molar-refractivity contribution in [3.8, 4) is 33.4 Å². The summed E-state index contributed by atoms with van der Waals surface area (Å²) in [4.78, 5) is 0. The number of furan rings is 1. The van der Waals surface area contributed by atoms with Crippen molar-refractivity contribution in [1.82, 2.24) is 4.57 Å². The minimum absolute atomic E-state index is 0.894. The van der Waals surface area contributed by atoms with E-state index in [4.69, 9.17) is 4.42 Å². The standard InChI is InChI=1S/C49H37NO/c1-4-40(50-46-20-7-5-16-42(46)43-17-6-8-21-47(43)50)29-33(3)41-18-11-19-44-45-31-39(26-27-48(45)51-49(41)44)38-15-10-14-37(30-38)35-24-22-34(23-25-35)36-13-9-12-32(2)28-36/h4-31H,1-3H3/b33-29+,40-4+. The second-order valence-corrected chi connectivity index (χ2v) is 13.4. The third kappa shape index (κ3) is 5.37. The lowest BCUT2D eigenvalue weighted by atomic mass is 9.96. The van der Waals surface area contributed by atoms with Gasteiger partial charge in [0.05, 0.1) is 11.0 Å². The van der Waals surface area contributed by atoms with Crippen LogP contribution >= 0.6 is 0 Å². The average molecular weight is 656 g/mol. The van der Waals surface area contributed by atoms with E-state index >= 15 is 0 Å². The number of para-hydroxylation sites is 3. The maximum atomic E-state index is 6.62. The van der Waals surface area contributed by atoms with Gasteiger partial charge in [-0.1, -0.05) is 139 Å². The summed E-state index contributed by atoms with van der Waals surface area (Å²) < 4.78 is 8.99. The normalized spacial score (nSPS) is 12.5. The predicted molar refractivity (Wildman–Crippen MR) is 218 cm³/mol. The molecule has 2 heterocycles. The predicted octanol–water partition coefficient (Wildman–Crippen LogP) is 14.0. The first kappa shape index (κ1) is 30.7. The smallest absolute Gasteiger partial charge is 0.142 e. The molecule has 0 aliphatic carbocycles. The van der Waals surface area contributed by atoms with Gasteiger partial charge in [0.1, 0.15) is 11.2 Å². The van der Waals surface area contributed by atoms with E-state index in [1.165, 1.54) is 60.8 Å². The molecule has 0 saturated carbocycles. The molecule has 51 heavy (non-hydrogen) atoms. The van der Waals surface area contributed by atoms with Crippen LogP contribution in [0.4, 0.5) is 0 Å². The van der Waals surface area contributed by atoms with Crippen LogP contribution in [0.5, 0.6) is 0 Å². The van der Waals surface area contributed by atoms with Crippen molar-refractivity contribution < 1.29 is 4.42 Å². The third-order valence-corrected chi connectivity index (χ3v) is 10.2. The van der Waals surface area contributed by atoms with Crippen molar-refractivity contribution in [1.29, 1.82) is 0 Å². The lowest BCUT2D eigenvalue weighted by Gasteiger charge is -2.11. The molecule has 9 aromatic rings. The van der Waals surface area contributed by atoms with E-state index in [2.05, 4.69) is 195 Å². The zero-order valence-corrected chi connectivity index (χ0v) is 29.0. The highest BCUT2D eigenvalue weighted by Gasteiger charge is 2.16. The van der Waals surface area contributed by atoms with Gasteiger partial charge >= 0.3 is 0 Å². The Morgan fingerprint density at radius 2 is 1.06 bits per heavy atom. The lowest BCUT2D eigenvalue weighted by Crippen LogP contribution is -1.95. The van der Waals surface area contributed by atoms with Crippen molar-refractivity contribution in [2.24, 2.45) is 0 Å². The molecule has 0 radical (unpaired) electrons. The summed E-state index contributed by atoms with van der Waals surface area (Å²) in [6.45, 7) is 6.43. The summed E-state index contributed by atoms with van der Waals surface area (Å²) >= 11 is 0. The Balaban J connectivity index is 1.07. The van der Waals surface area contributed by atoms with Gasteiger partial charge in [-0.3, -0.25) is 0 Å². The number of hydrogen-bond donors (Lipinski definition) is 0. The van der Waals surface area contributed by atoms with Gasteiger partial charge in [0.2, 0.25) is 0 Å². The molecule has 2 aromatic heterocycles. The molecular weight excluding hydrogens is 619 g/mol. The number of rotatable bonds is 6. The zero-order valence-electron chi connectivity index (χ0n) is 29.0. The van der Waals surface area contributed by atoms with Crippen LogP contribution in [-0.2, 0) is 0 Å². The van der Waals surface area contributed by atoms with Crippen LogP contribution in [0.3, 0.4) is 0 Å². The van der Waals surface area contributed by atoms with Gasteiger partial charge in [-0.05, 0) is 96.1 Å². The van der Waals surface area contributed by atoms with Crippen LogP contribution in [-0.4, -0.2) is 4.57 Å². The Labute approximate surface area is 298 Å². The quantitative estimate of drug-likeness (QED) is 0.163. The lowest BCUT2D eigenvalue weighted by molar-refractivity contribution is 0.667. The molecule has 0 amide bonds. The largest absolute Gasteiger partial charge is 0.455 e. The molecule has 0 atom stereocenters. The molecule has 244 valence electrons. The number of hydrogen-bond acceptors (Lipinski definition) is 1. The molecule has 0 unspecified atom stereocenters. The molecule has 0 saturated heterocycles. The van der Waals surface area contributed by atoms with Crippen LogP contribution in [0.15, 0.2) is 174 Å². The molecule has 0 spiro atoms. The Hall–Kier alpha value is -6.38. The number of allylic oxidation sites excluding steroid dienone is 4. The summed E-state index contributed by atoms with van der Waals surface area (Å²) in [7, 11) is 0. The van der Waals surface area contributed by atoms with Crippen LogP contribution in [0.25, 0.3) is 88.4 Å². The molecule has 2 heteroatoms. The Bertz CT molecular complexity index is 2770. The van der Waals surface area contributed by atoms with E-state index in [0.29, 0.717) is 0 Å². The molecular formula is C49H37NO. The van der Waals surface area contributed by atoms with Crippen molar-refractivity contribution in [2.45, 2.75) is 20.8 Å². The fraction of sp³-hybridized carbons (Fsp3) is 0.0612. The van der Waals surface area contributed by atoms with Gasteiger partial charge in [0.25, 0.3) is 0 Å².